The molecule has 3 unspecified atom stereocenters. The average molecular weight is 443 g/mol. The number of nitrogens with one attached hydrogen (secondary N) is 1. The van der Waals surface area contributed by atoms with E-state index in [2.05, 4.69) is 40.5 Å². The Kier molecular flexibility index (Phi) is 9.81. The van der Waals surface area contributed by atoms with Crippen molar-refractivity contribution in [2.75, 3.05) is 33.9 Å². The van der Waals surface area contributed by atoms with Gasteiger partial charge in [0, 0.05) is 18.2 Å². The van der Waals surface area contributed by atoms with E-state index in [1.807, 2.05) is 18.2 Å². The summed E-state index contributed by atoms with van der Waals surface area (Å²) in [5, 5.41) is 22.5. The van der Waals surface area contributed by atoms with Crippen LogP contribution >= 0.6 is 0 Å². The van der Waals surface area contributed by atoms with Gasteiger partial charge in [-0.15, -0.1) is 0 Å². The van der Waals surface area contributed by atoms with Crippen LogP contribution in [0.1, 0.15) is 49.3 Å². The number of aliphatic hydroxyl groups is 2. The van der Waals surface area contributed by atoms with Crippen LogP contribution in [0.5, 0.6) is 11.5 Å². The molecule has 32 heavy (non-hydrogen) atoms. The highest BCUT2D eigenvalue weighted by atomic mass is 16.5. The number of nitrogens with zero attached hydrogens (tertiary/aromatic N) is 1. The van der Waals surface area contributed by atoms with Gasteiger partial charge in [-0.2, -0.15) is 0 Å². The van der Waals surface area contributed by atoms with E-state index in [0.29, 0.717) is 25.0 Å². The molecule has 3 rings (SSSR count). The van der Waals surface area contributed by atoms with Crippen molar-refractivity contribution in [3.8, 4) is 11.5 Å². The molecule has 3 atom stereocenters. The van der Waals surface area contributed by atoms with E-state index in [4.69, 9.17) is 14.6 Å². The van der Waals surface area contributed by atoms with Crippen molar-refractivity contribution in [1.29, 1.82) is 0 Å². The number of hydrogen-bond acceptors (Lipinski definition) is 6. The van der Waals surface area contributed by atoms with E-state index < -0.39 is 6.10 Å². The Morgan fingerprint density at radius 3 is 2.62 bits per heavy atom. The summed E-state index contributed by atoms with van der Waals surface area (Å²) < 4.78 is 11.0. The maximum Gasteiger partial charge on any atom is 0.123 e. The zero-order chi connectivity index (χ0) is 22.8. The molecule has 6 heteroatoms. The molecule has 1 aliphatic heterocycles. The summed E-state index contributed by atoms with van der Waals surface area (Å²) in [6.07, 6.45) is 4.24. The van der Waals surface area contributed by atoms with Crippen LogP contribution in [0.15, 0.2) is 48.5 Å². The monoisotopic (exact) mass is 442 g/mol. The fourth-order valence-corrected chi connectivity index (χ4v) is 4.67. The molecule has 0 amide bonds. The molecule has 1 saturated heterocycles. The van der Waals surface area contributed by atoms with E-state index in [9.17, 15) is 5.11 Å². The average Bonchev–Trinajstić information content (AvgIpc) is 2.85. The van der Waals surface area contributed by atoms with Crippen LogP contribution in [0.4, 0.5) is 0 Å². The van der Waals surface area contributed by atoms with Gasteiger partial charge in [-0.3, -0.25) is 4.90 Å². The Hall–Kier alpha value is -2.12. The number of aliphatic hydroxyl groups excluding tert-OH is 2. The van der Waals surface area contributed by atoms with Crippen LogP contribution in [0.3, 0.4) is 0 Å². The van der Waals surface area contributed by atoms with Gasteiger partial charge in [-0.1, -0.05) is 30.3 Å². The number of likely N-dealkylation sites (tertiary alicyclic amines) is 1. The lowest BCUT2D eigenvalue weighted by Gasteiger charge is -2.42. The van der Waals surface area contributed by atoms with E-state index in [-0.39, 0.29) is 6.61 Å². The second-order valence-electron chi connectivity index (χ2n) is 8.53. The van der Waals surface area contributed by atoms with Gasteiger partial charge in [0.25, 0.3) is 0 Å². The minimum absolute atomic E-state index is 0.157. The minimum Gasteiger partial charge on any atom is -0.497 e. The van der Waals surface area contributed by atoms with E-state index in [0.717, 1.165) is 55.8 Å². The lowest BCUT2D eigenvalue weighted by molar-refractivity contribution is 0.0804. The van der Waals surface area contributed by atoms with Crippen molar-refractivity contribution in [3.63, 3.8) is 0 Å². The summed E-state index contributed by atoms with van der Waals surface area (Å²) >= 11 is 0. The molecule has 0 saturated carbocycles. The molecule has 3 N–H and O–H groups in total. The quantitative estimate of drug-likeness (QED) is 0.437. The van der Waals surface area contributed by atoms with Crippen LogP contribution < -0.4 is 14.8 Å². The smallest absolute Gasteiger partial charge is 0.123 e. The highest BCUT2D eigenvalue weighted by Crippen LogP contribution is 2.32. The molecular weight excluding hydrogens is 404 g/mol. The van der Waals surface area contributed by atoms with Crippen molar-refractivity contribution < 1.29 is 19.7 Å². The topological polar surface area (TPSA) is 74.2 Å². The van der Waals surface area contributed by atoms with Crippen molar-refractivity contribution in [3.05, 3.63) is 59.7 Å². The Balaban J connectivity index is 1.71. The fourth-order valence-electron chi connectivity index (χ4n) is 4.67. The first-order valence-electron chi connectivity index (χ1n) is 11.7. The van der Waals surface area contributed by atoms with Crippen molar-refractivity contribution >= 4 is 0 Å². The minimum atomic E-state index is -0.603. The van der Waals surface area contributed by atoms with Crippen molar-refractivity contribution in [1.82, 2.24) is 10.2 Å². The van der Waals surface area contributed by atoms with Gasteiger partial charge in [-0.25, -0.2) is 0 Å². The van der Waals surface area contributed by atoms with Gasteiger partial charge in [0.2, 0.25) is 0 Å². The van der Waals surface area contributed by atoms with Crippen LogP contribution in [-0.4, -0.2) is 61.2 Å². The summed E-state index contributed by atoms with van der Waals surface area (Å²) in [6.45, 7) is 2.61. The summed E-state index contributed by atoms with van der Waals surface area (Å²) in [5.41, 5.74) is 2.42. The van der Waals surface area contributed by atoms with Gasteiger partial charge in [0.15, 0.2) is 0 Å². The number of ether oxygens (including phenoxy) is 2. The zero-order valence-corrected chi connectivity index (χ0v) is 19.4. The normalized spacial score (nSPS) is 20.1. The second kappa shape index (κ2) is 12.8. The number of benzene rings is 2. The summed E-state index contributed by atoms with van der Waals surface area (Å²) in [4.78, 5) is 2.57. The third-order valence-corrected chi connectivity index (χ3v) is 6.36. The first kappa shape index (κ1) is 24.5. The second-order valence-corrected chi connectivity index (χ2v) is 8.53. The molecule has 0 spiro atoms. The van der Waals surface area contributed by atoms with Crippen LogP contribution in [0, 0.1) is 0 Å². The standard InChI is InChI=1S/C26H38N2O4/c1-31-23-13-14-25(32-2)21(17-23)18-27-24-12-8-16-28(15-7-6-11-22(30)19-29)26(24)20-9-4-3-5-10-20/h3-5,9-10,13-14,17,22,24,26-27,29-30H,6-8,11-12,15-16,18-19H2,1-2H3. The largest absolute Gasteiger partial charge is 0.497 e. The molecule has 0 aliphatic carbocycles. The first-order chi connectivity index (χ1) is 15.7. The third kappa shape index (κ3) is 6.69. The van der Waals surface area contributed by atoms with E-state index in [1.54, 1.807) is 14.2 Å². The van der Waals surface area contributed by atoms with Crippen molar-refractivity contribution in [2.24, 2.45) is 0 Å². The fraction of sp³-hybridized carbons (Fsp3) is 0.538. The van der Waals surface area contributed by atoms with Gasteiger partial charge in [0.05, 0.1) is 33.0 Å². The molecule has 1 aliphatic rings. The number of unbranched alkanes of at least 4 members (excludes halogenated alkanes) is 1. The van der Waals surface area contributed by atoms with Gasteiger partial charge < -0.3 is 25.0 Å². The molecule has 2 aromatic carbocycles. The molecule has 2 aromatic rings. The van der Waals surface area contributed by atoms with Gasteiger partial charge in [0.1, 0.15) is 11.5 Å². The van der Waals surface area contributed by atoms with Crippen molar-refractivity contribution in [2.45, 2.75) is 56.8 Å². The molecule has 0 radical (unpaired) electrons. The Labute approximate surface area is 192 Å². The molecule has 0 bridgehead atoms. The molecule has 1 heterocycles. The Bertz CT molecular complexity index is 802. The predicted molar refractivity (Wildman–Crippen MR) is 127 cm³/mol. The van der Waals surface area contributed by atoms with E-state index >= 15 is 0 Å². The maximum atomic E-state index is 9.63. The van der Waals surface area contributed by atoms with E-state index in [1.165, 1.54) is 5.56 Å². The predicted octanol–water partition coefficient (Wildman–Crippen LogP) is 3.52. The summed E-state index contributed by atoms with van der Waals surface area (Å²) in [7, 11) is 3.39. The first-order valence-corrected chi connectivity index (χ1v) is 11.7. The van der Waals surface area contributed by atoms with Gasteiger partial charge in [-0.05, 0) is 69.0 Å². The lowest BCUT2D eigenvalue weighted by Crippen LogP contribution is -2.48. The summed E-state index contributed by atoms with van der Waals surface area (Å²) in [6, 6.07) is 17.3. The molecule has 0 aromatic heterocycles. The van der Waals surface area contributed by atoms with Crippen LogP contribution in [-0.2, 0) is 6.54 Å². The molecule has 6 nitrogen and oxygen atoms in total. The lowest BCUT2D eigenvalue weighted by atomic mass is 9.89. The highest BCUT2D eigenvalue weighted by molar-refractivity contribution is 5.40. The third-order valence-electron chi connectivity index (χ3n) is 6.36. The molecule has 176 valence electrons. The zero-order valence-electron chi connectivity index (χ0n) is 19.4. The molecular formula is C26H38N2O4. The van der Waals surface area contributed by atoms with Gasteiger partial charge >= 0.3 is 0 Å². The van der Waals surface area contributed by atoms with Crippen LogP contribution in [0.25, 0.3) is 0 Å². The maximum absolute atomic E-state index is 9.63. The number of piperidine rings is 1. The Morgan fingerprint density at radius 2 is 1.91 bits per heavy atom. The number of methoxy groups -OCH3 is 2. The highest BCUT2D eigenvalue weighted by Gasteiger charge is 2.32. The number of hydrogen-bond donors (Lipinski definition) is 3. The number of rotatable bonds is 12. The van der Waals surface area contributed by atoms with Crippen LogP contribution in [0.2, 0.25) is 0 Å². The SMILES string of the molecule is COc1ccc(OC)c(CNC2CCCN(CCCCC(O)CO)C2c2ccccc2)c1. The Morgan fingerprint density at radius 1 is 1.09 bits per heavy atom. The summed E-state index contributed by atoms with van der Waals surface area (Å²) in [5.74, 6) is 1.70. The molecule has 1 fully saturated rings.